The maximum atomic E-state index is 11.0. The van der Waals surface area contributed by atoms with E-state index < -0.39 is 6.61 Å². The van der Waals surface area contributed by atoms with Crippen molar-refractivity contribution in [3.63, 3.8) is 0 Å². The van der Waals surface area contributed by atoms with Gasteiger partial charge in [-0.05, 0) is 0 Å². The lowest BCUT2D eigenvalue weighted by atomic mass is 10.2. The lowest BCUT2D eigenvalue weighted by Gasteiger charge is -2.20. The van der Waals surface area contributed by atoms with Gasteiger partial charge in [-0.25, -0.2) is 5.84 Å². The molecule has 0 saturated heterocycles. The normalized spacial score (nSPS) is 11.1. The number of carbonyl (C=O) groups is 1. The molecule has 0 aromatic rings. The van der Waals surface area contributed by atoms with Gasteiger partial charge in [0.05, 0.1) is 25.5 Å². The molecule has 15 heavy (non-hydrogen) atoms. The van der Waals surface area contributed by atoms with Crippen molar-refractivity contribution in [1.29, 1.82) is 0 Å². The van der Waals surface area contributed by atoms with Gasteiger partial charge < -0.3 is 21.0 Å². The number of nitrogens with zero attached hydrogens (tertiary/aromatic N) is 1. The van der Waals surface area contributed by atoms with Crippen LogP contribution in [0.15, 0.2) is 11.4 Å². The van der Waals surface area contributed by atoms with E-state index in [2.05, 4.69) is 0 Å². The zero-order chi connectivity index (χ0) is 12.4. The predicted octanol–water partition coefficient (Wildman–Crippen LogP) is -1.07. The van der Waals surface area contributed by atoms with Crippen molar-refractivity contribution in [3.8, 4) is 0 Å². The number of hydrogen-bond acceptors (Lipinski definition) is 6. The number of rotatable bonds is 5. The van der Waals surface area contributed by atoms with E-state index in [1.54, 1.807) is 0 Å². The maximum absolute atomic E-state index is 11.0. The molecule has 0 spiro atoms. The van der Waals surface area contributed by atoms with Crippen LogP contribution in [-0.4, -0.2) is 40.8 Å². The number of aliphatic hydroxyl groups excluding tert-OH is 2. The van der Waals surface area contributed by atoms with Gasteiger partial charge in [0.15, 0.2) is 5.78 Å². The summed E-state index contributed by atoms with van der Waals surface area (Å²) < 4.78 is 0. The molecule has 0 aromatic heterocycles. The Hall–Kier alpha value is -1.11. The van der Waals surface area contributed by atoms with Crippen molar-refractivity contribution in [2.45, 2.75) is 20.8 Å². The van der Waals surface area contributed by atoms with Crippen molar-refractivity contribution in [2.75, 3.05) is 19.8 Å². The molecule has 0 aliphatic rings. The van der Waals surface area contributed by atoms with Crippen LogP contribution < -0.4 is 11.6 Å². The second-order valence-electron chi connectivity index (χ2n) is 2.51. The monoisotopic (exact) mass is 219 g/mol. The number of nitrogens with two attached hydrogens (primary N) is 2. The van der Waals surface area contributed by atoms with Crippen LogP contribution in [0.5, 0.6) is 0 Å². The molecule has 0 fully saturated rings. The highest BCUT2D eigenvalue weighted by Gasteiger charge is 2.13. The van der Waals surface area contributed by atoms with Crippen LogP contribution in [0, 0.1) is 0 Å². The number of allylic oxidation sites excluding steroid dienone is 1. The highest BCUT2D eigenvalue weighted by atomic mass is 16.3. The van der Waals surface area contributed by atoms with Crippen LogP contribution in [0.4, 0.5) is 0 Å². The Kier molecular flexibility index (Phi) is 10.3. The Labute approximate surface area is 90.1 Å². The van der Waals surface area contributed by atoms with Crippen molar-refractivity contribution < 1.29 is 15.0 Å². The van der Waals surface area contributed by atoms with E-state index in [9.17, 15) is 4.79 Å². The van der Waals surface area contributed by atoms with Gasteiger partial charge in [-0.3, -0.25) is 4.79 Å². The van der Waals surface area contributed by atoms with Crippen LogP contribution in [0.25, 0.3) is 0 Å². The predicted molar refractivity (Wildman–Crippen MR) is 58.3 cm³/mol. The molecule has 0 radical (unpaired) electrons. The molecule has 6 heteroatoms. The third kappa shape index (κ3) is 6.05. The highest BCUT2D eigenvalue weighted by molar-refractivity contribution is 5.93. The zero-order valence-electron chi connectivity index (χ0n) is 9.53. The molecule has 0 aliphatic carbocycles. The number of hydrazine groups is 1. The second kappa shape index (κ2) is 9.45. The molecule has 0 atom stereocenters. The molecule has 0 rings (SSSR count). The molecule has 0 aliphatic heterocycles. The van der Waals surface area contributed by atoms with Gasteiger partial charge in [-0.15, -0.1) is 0 Å². The summed E-state index contributed by atoms with van der Waals surface area (Å²) in [5.74, 6) is 5.06. The lowest BCUT2D eigenvalue weighted by molar-refractivity contribution is -0.115. The topological polar surface area (TPSA) is 113 Å². The summed E-state index contributed by atoms with van der Waals surface area (Å²) in [4.78, 5) is 11.0. The van der Waals surface area contributed by atoms with Crippen LogP contribution in [0.1, 0.15) is 20.8 Å². The quantitative estimate of drug-likeness (QED) is 0.266. The van der Waals surface area contributed by atoms with Gasteiger partial charge in [-0.2, -0.15) is 0 Å². The Morgan fingerprint density at radius 2 is 1.80 bits per heavy atom. The van der Waals surface area contributed by atoms with Gasteiger partial charge in [0.2, 0.25) is 0 Å². The van der Waals surface area contributed by atoms with Crippen LogP contribution in [0.3, 0.4) is 0 Å². The molecule has 6 N–H and O–H groups in total. The number of aliphatic hydroxyl groups is 2. The van der Waals surface area contributed by atoms with E-state index in [0.717, 1.165) is 5.01 Å². The molecule has 0 unspecified atom stereocenters. The number of Topliss-reactive ketones (excluding diaryl/α,β-unsaturated/α-hetero) is 1. The van der Waals surface area contributed by atoms with E-state index in [-0.39, 0.29) is 30.3 Å². The van der Waals surface area contributed by atoms with Gasteiger partial charge in [0, 0.05) is 6.92 Å². The fourth-order valence-electron chi connectivity index (χ4n) is 0.907. The molecular formula is C9H21N3O3. The Morgan fingerprint density at radius 1 is 1.33 bits per heavy atom. The maximum Gasteiger partial charge on any atom is 0.179 e. The van der Waals surface area contributed by atoms with E-state index >= 15 is 0 Å². The van der Waals surface area contributed by atoms with Gasteiger partial charge in [0.25, 0.3) is 0 Å². The Morgan fingerprint density at radius 3 is 2.07 bits per heavy atom. The lowest BCUT2D eigenvalue weighted by Crippen LogP contribution is -2.38. The molecule has 6 nitrogen and oxygen atoms in total. The van der Waals surface area contributed by atoms with Gasteiger partial charge in [-0.1, -0.05) is 13.8 Å². The van der Waals surface area contributed by atoms with E-state index in [0.29, 0.717) is 0 Å². The summed E-state index contributed by atoms with van der Waals surface area (Å²) in [6.45, 7) is 4.75. The van der Waals surface area contributed by atoms with Crippen molar-refractivity contribution >= 4 is 5.78 Å². The summed E-state index contributed by atoms with van der Waals surface area (Å²) in [7, 11) is 0. The summed E-state index contributed by atoms with van der Waals surface area (Å²) in [6.07, 6.45) is 0. The largest absolute Gasteiger partial charge is 0.398 e. The number of ketones is 1. The molecule has 0 saturated carbocycles. The summed E-state index contributed by atoms with van der Waals surface area (Å²) in [6, 6.07) is 0. The first-order chi connectivity index (χ1) is 7.04. The zero-order valence-corrected chi connectivity index (χ0v) is 9.53. The molecule has 0 bridgehead atoms. The number of hydrogen-bond donors (Lipinski definition) is 4. The molecule has 0 heterocycles. The Balaban J connectivity index is 0. The average Bonchev–Trinajstić information content (AvgIpc) is 2.20. The van der Waals surface area contributed by atoms with Gasteiger partial charge >= 0.3 is 0 Å². The average molecular weight is 219 g/mol. The summed E-state index contributed by atoms with van der Waals surface area (Å²) in [5, 5.41) is 18.3. The van der Waals surface area contributed by atoms with Crippen molar-refractivity contribution in [2.24, 2.45) is 11.6 Å². The number of carbonyl (C=O) groups excluding carboxylic acids is 1. The molecular weight excluding hydrogens is 198 g/mol. The van der Waals surface area contributed by atoms with Crippen LogP contribution in [0.2, 0.25) is 0 Å². The van der Waals surface area contributed by atoms with Crippen LogP contribution >= 0.6 is 0 Å². The standard InChI is InChI=1S/C7H15N3O3.C2H6/c1-5(13)7(6(8)4-12)10(9)2-3-11;1-2/h11-12H,2-4,8-9H2,1H3;1-2H3/b7-6-;. The van der Waals surface area contributed by atoms with Crippen molar-refractivity contribution in [3.05, 3.63) is 11.4 Å². The first-order valence-electron chi connectivity index (χ1n) is 4.78. The SMILES string of the molecule is CC.CC(=O)/C(=C(/N)CO)N(N)CCO. The highest BCUT2D eigenvalue weighted by Crippen LogP contribution is 2.03. The minimum absolute atomic E-state index is 0.00319. The van der Waals surface area contributed by atoms with E-state index in [1.807, 2.05) is 13.8 Å². The van der Waals surface area contributed by atoms with Gasteiger partial charge in [0.1, 0.15) is 5.70 Å². The third-order valence-electron chi connectivity index (χ3n) is 1.44. The first-order valence-corrected chi connectivity index (χ1v) is 4.78. The fraction of sp³-hybridized carbons (Fsp3) is 0.667. The first kappa shape index (κ1) is 16.3. The second-order valence-corrected chi connectivity index (χ2v) is 2.51. The summed E-state index contributed by atoms with van der Waals surface area (Å²) in [5.41, 5.74) is 5.40. The minimum Gasteiger partial charge on any atom is -0.398 e. The fourth-order valence-corrected chi connectivity index (χ4v) is 0.907. The smallest absolute Gasteiger partial charge is 0.179 e. The Bertz CT molecular complexity index is 217. The van der Waals surface area contributed by atoms with E-state index in [4.69, 9.17) is 21.8 Å². The van der Waals surface area contributed by atoms with Crippen molar-refractivity contribution in [1.82, 2.24) is 5.01 Å². The van der Waals surface area contributed by atoms with E-state index in [1.165, 1.54) is 6.92 Å². The van der Waals surface area contributed by atoms with Crippen LogP contribution in [-0.2, 0) is 4.79 Å². The molecule has 90 valence electrons. The summed E-state index contributed by atoms with van der Waals surface area (Å²) >= 11 is 0. The third-order valence-corrected chi connectivity index (χ3v) is 1.44. The minimum atomic E-state index is -0.436. The molecule has 0 aromatic carbocycles. The molecule has 0 amide bonds.